The van der Waals surface area contributed by atoms with Crippen LogP contribution in [0, 0.1) is 0 Å². The van der Waals surface area contributed by atoms with E-state index in [1.807, 2.05) is 13.8 Å². The number of rotatable bonds is 8. The molecule has 1 aliphatic rings. The van der Waals surface area contributed by atoms with Crippen molar-refractivity contribution in [1.29, 1.82) is 0 Å². The van der Waals surface area contributed by atoms with Crippen molar-refractivity contribution >= 4 is 16.9 Å². The Balaban J connectivity index is 2.06. The van der Waals surface area contributed by atoms with E-state index in [9.17, 15) is 19.2 Å². The Morgan fingerprint density at radius 2 is 1.61 bits per heavy atom. The molecule has 0 atom stereocenters. The summed E-state index contributed by atoms with van der Waals surface area (Å²) >= 11 is 0. The summed E-state index contributed by atoms with van der Waals surface area (Å²) in [5, 5.41) is 2.99. The standard InChI is InChI=1S/C22H33N5O4/c1-4-10-26-17(28)15-16(19(29)23-9-14-25-12-7-6-8-13-25)18-20(26)24(3)22(31)27(11-5-2)21(18)30/h15H,4-14H2,1-3H3,(H,23,29). The van der Waals surface area contributed by atoms with Crippen LogP contribution in [-0.4, -0.2) is 50.7 Å². The molecule has 2 aromatic rings. The highest BCUT2D eigenvalue weighted by Gasteiger charge is 2.22. The van der Waals surface area contributed by atoms with Crippen molar-refractivity contribution in [3.8, 4) is 0 Å². The summed E-state index contributed by atoms with van der Waals surface area (Å²) in [4.78, 5) is 54.2. The molecule has 1 aliphatic heterocycles. The van der Waals surface area contributed by atoms with Gasteiger partial charge < -0.3 is 10.2 Å². The highest BCUT2D eigenvalue weighted by molar-refractivity contribution is 6.05. The van der Waals surface area contributed by atoms with E-state index in [0.29, 0.717) is 25.9 Å². The zero-order valence-corrected chi connectivity index (χ0v) is 18.8. The van der Waals surface area contributed by atoms with Gasteiger partial charge in [-0.1, -0.05) is 20.3 Å². The average Bonchev–Trinajstić information content (AvgIpc) is 2.77. The lowest BCUT2D eigenvalue weighted by molar-refractivity contribution is 0.0948. The van der Waals surface area contributed by atoms with Crippen LogP contribution in [0.15, 0.2) is 20.4 Å². The first-order chi connectivity index (χ1) is 14.9. The molecule has 2 aromatic heterocycles. The van der Waals surface area contributed by atoms with Crippen molar-refractivity contribution < 1.29 is 4.79 Å². The van der Waals surface area contributed by atoms with Crippen molar-refractivity contribution in [3.63, 3.8) is 0 Å². The molecule has 1 saturated heterocycles. The molecule has 0 unspecified atom stereocenters. The van der Waals surface area contributed by atoms with Crippen LogP contribution >= 0.6 is 0 Å². The fourth-order valence-corrected chi connectivity index (χ4v) is 4.33. The number of aryl methyl sites for hydroxylation is 2. The lowest BCUT2D eigenvalue weighted by atomic mass is 10.1. The summed E-state index contributed by atoms with van der Waals surface area (Å²) in [6.45, 7) is 7.62. The second kappa shape index (κ2) is 10.1. The van der Waals surface area contributed by atoms with Gasteiger partial charge in [0.25, 0.3) is 17.0 Å². The van der Waals surface area contributed by atoms with E-state index in [4.69, 9.17) is 0 Å². The average molecular weight is 432 g/mol. The van der Waals surface area contributed by atoms with E-state index in [1.165, 1.54) is 34.5 Å². The largest absolute Gasteiger partial charge is 0.351 e. The summed E-state index contributed by atoms with van der Waals surface area (Å²) in [7, 11) is 1.54. The van der Waals surface area contributed by atoms with Gasteiger partial charge in [-0.2, -0.15) is 0 Å². The minimum atomic E-state index is -0.522. The predicted molar refractivity (Wildman–Crippen MR) is 121 cm³/mol. The van der Waals surface area contributed by atoms with Gasteiger partial charge >= 0.3 is 5.69 Å². The molecule has 0 saturated carbocycles. The van der Waals surface area contributed by atoms with Gasteiger partial charge in [0, 0.05) is 39.3 Å². The number of nitrogens with zero attached hydrogens (tertiary/aromatic N) is 4. The number of fused-ring (bicyclic) bond motifs is 1. The third-order valence-corrected chi connectivity index (χ3v) is 5.88. The summed E-state index contributed by atoms with van der Waals surface area (Å²) in [6.07, 6.45) is 4.83. The number of likely N-dealkylation sites (tertiary alicyclic amines) is 1. The van der Waals surface area contributed by atoms with E-state index in [2.05, 4.69) is 10.2 Å². The van der Waals surface area contributed by atoms with E-state index < -0.39 is 22.7 Å². The zero-order valence-electron chi connectivity index (χ0n) is 18.8. The van der Waals surface area contributed by atoms with Crippen LogP contribution in [0.25, 0.3) is 11.0 Å². The number of nitrogens with one attached hydrogen (secondary N) is 1. The molecule has 3 rings (SSSR count). The van der Waals surface area contributed by atoms with Gasteiger partial charge in [0.1, 0.15) is 5.65 Å². The number of amides is 1. The molecular weight excluding hydrogens is 398 g/mol. The van der Waals surface area contributed by atoms with Crippen LogP contribution in [0.2, 0.25) is 0 Å². The molecule has 3 heterocycles. The lowest BCUT2D eigenvalue weighted by Gasteiger charge is -2.26. The number of hydrogen-bond donors (Lipinski definition) is 1. The van der Waals surface area contributed by atoms with Gasteiger partial charge in [0.15, 0.2) is 0 Å². The third kappa shape index (κ3) is 4.66. The molecule has 0 aliphatic carbocycles. The third-order valence-electron chi connectivity index (χ3n) is 5.88. The Hall–Kier alpha value is -2.68. The predicted octanol–water partition coefficient (Wildman–Crippen LogP) is 0.898. The van der Waals surface area contributed by atoms with Gasteiger partial charge in [0.05, 0.1) is 10.9 Å². The molecule has 0 radical (unpaired) electrons. The highest BCUT2D eigenvalue weighted by Crippen LogP contribution is 2.13. The number of carbonyl (C=O) groups excluding carboxylic acids is 1. The Morgan fingerprint density at radius 1 is 0.968 bits per heavy atom. The first-order valence-electron chi connectivity index (χ1n) is 11.3. The van der Waals surface area contributed by atoms with Crippen LogP contribution in [0.3, 0.4) is 0 Å². The monoisotopic (exact) mass is 431 g/mol. The second-order valence-corrected chi connectivity index (χ2v) is 8.20. The second-order valence-electron chi connectivity index (χ2n) is 8.20. The minimum Gasteiger partial charge on any atom is -0.351 e. The Labute approximate surface area is 181 Å². The summed E-state index contributed by atoms with van der Waals surface area (Å²) in [5.41, 5.74) is -1.15. The fraction of sp³-hybridized carbons (Fsp3) is 0.636. The van der Waals surface area contributed by atoms with Crippen molar-refractivity contribution in [3.05, 3.63) is 42.8 Å². The van der Waals surface area contributed by atoms with Crippen LogP contribution < -0.4 is 22.1 Å². The van der Waals surface area contributed by atoms with Crippen LogP contribution in [0.1, 0.15) is 56.3 Å². The summed E-state index contributed by atoms with van der Waals surface area (Å²) < 4.78 is 3.88. The minimum absolute atomic E-state index is 0.0384. The van der Waals surface area contributed by atoms with Crippen molar-refractivity contribution in [2.75, 3.05) is 26.2 Å². The smallest absolute Gasteiger partial charge is 0.332 e. The van der Waals surface area contributed by atoms with Gasteiger partial charge in [-0.25, -0.2) is 4.79 Å². The summed E-state index contributed by atoms with van der Waals surface area (Å²) in [6, 6.07) is 1.23. The normalized spacial score (nSPS) is 14.8. The summed E-state index contributed by atoms with van der Waals surface area (Å²) in [5.74, 6) is -0.457. The Kier molecular flexibility index (Phi) is 7.48. The van der Waals surface area contributed by atoms with Gasteiger partial charge in [-0.05, 0) is 38.8 Å². The van der Waals surface area contributed by atoms with E-state index in [-0.39, 0.29) is 23.1 Å². The molecule has 170 valence electrons. The highest BCUT2D eigenvalue weighted by atomic mass is 16.2. The van der Waals surface area contributed by atoms with Crippen molar-refractivity contribution in [1.82, 2.24) is 23.9 Å². The molecular formula is C22H33N5O4. The number of hydrogen-bond acceptors (Lipinski definition) is 5. The maximum atomic E-state index is 13.3. The maximum absolute atomic E-state index is 13.3. The number of piperidine rings is 1. The Bertz CT molecular complexity index is 1120. The van der Waals surface area contributed by atoms with Gasteiger partial charge in [-0.3, -0.25) is 28.1 Å². The van der Waals surface area contributed by atoms with Crippen LogP contribution in [0.4, 0.5) is 0 Å². The van der Waals surface area contributed by atoms with E-state index in [0.717, 1.165) is 24.2 Å². The fourth-order valence-electron chi connectivity index (χ4n) is 4.33. The molecule has 1 N–H and O–H groups in total. The first-order valence-corrected chi connectivity index (χ1v) is 11.3. The molecule has 0 aromatic carbocycles. The lowest BCUT2D eigenvalue weighted by Crippen LogP contribution is -2.43. The molecule has 1 fully saturated rings. The maximum Gasteiger partial charge on any atom is 0.332 e. The van der Waals surface area contributed by atoms with Gasteiger partial charge in [0.2, 0.25) is 0 Å². The Morgan fingerprint density at radius 3 is 2.26 bits per heavy atom. The van der Waals surface area contributed by atoms with Gasteiger partial charge in [-0.15, -0.1) is 0 Å². The number of aromatic nitrogens is 3. The molecule has 1 amide bonds. The van der Waals surface area contributed by atoms with E-state index in [1.54, 1.807) is 7.05 Å². The van der Waals surface area contributed by atoms with Crippen molar-refractivity contribution in [2.45, 2.75) is 59.0 Å². The number of pyridine rings is 1. The van der Waals surface area contributed by atoms with Crippen molar-refractivity contribution in [2.24, 2.45) is 7.05 Å². The molecule has 0 spiro atoms. The molecule has 31 heavy (non-hydrogen) atoms. The SMILES string of the molecule is CCCn1c(=O)c2c(C(=O)NCCN3CCCCC3)cc(=O)n(CCC)c2n(C)c1=O. The molecule has 9 heteroatoms. The van der Waals surface area contributed by atoms with Crippen LogP contribution in [0.5, 0.6) is 0 Å². The first kappa shape index (κ1) is 23.0. The molecule has 0 bridgehead atoms. The quantitative estimate of drug-likeness (QED) is 0.670. The zero-order chi connectivity index (χ0) is 22.5. The van der Waals surface area contributed by atoms with Crippen LogP contribution in [-0.2, 0) is 20.1 Å². The molecule has 9 nitrogen and oxygen atoms in total. The topological polar surface area (TPSA) is 98.3 Å². The van der Waals surface area contributed by atoms with E-state index >= 15 is 0 Å². The number of carbonyl (C=O) groups is 1.